The Labute approximate surface area is 172 Å². The summed E-state index contributed by atoms with van der Waals surface area (Å²) in [6.07, 6.45) is 3.00. The average molecular weight is 421 g/mol. The normalized spacial score (nSPS) is 11.8. The highest BCUT2D eigenvalue weighted by Crippen LogP contribution is 2.24. The number of halogens is 2. The zero-order chi connectivity index (χ0) is 20.7. The number of hydrogen-bond acceptors (Lipinski definition) is 5. The molecular formula is C19H18Cl2N4O3. The molecule has 0 aliphatic carbocycles. The summed E-state index contributed by atoms with van der Waals surface area (Å²) in [6.45, 7) is 1.66. The standard InChI is InChI=1S/C19H18Cl2N4O3/c1-4-14(25-18(26)16-12(20)6-5-7-13(16)21)17(22-2)19(27)24-11-8-9-15(28-3)23-10-11/h4-10H,1-3H3,(H,24,27)(H,25,26)/b14-4+,22-17?. The van der Waals surface area contributed by atoms with Gasteiger partial charge in [-0.15, -0.1) is 0 Å². The van der Waals surface area contributed by atoms with Gasteiger partial charge in [-0.2, -0.15) is 0 Å². The van der Waals surface area contributed by atoms with E-state index >= 15 is 0 Å². The Kier molecular flexibility index (Phi) is 7.54. The van der Waals surface area contributed by atoms with Crippen LogP contribution in [0, 0.1) is 0 Å². The number of hydrogen-bond donors (Lipinski definition) is 2. The van der Waals surface area contributed by atoms with Gasteiger partial charge in [0.05, 0.1) is 40.3 Å². The number of nitrogens with one attached hydrogen (secondary N) is 2. The highest BCUT2D eigenvalue weighted by molar-refractivity contribution is 6.49. The summed E-state index contributed by atoms with van der Waals surface area (Å²) in [5.41, 5.74) is 0.792. The first kappa shape index (κ1) is 21.4. The number of aromatic nitrogens is 1. The molecule has 0 atom stereocenters. The molecule has 2 aromatic rings. The SMILES string of the molecule is C/C=C(/NC(=O)c1c(Cl)cccc1Cl)C(=NC)C(=O)Nc1ccc(OC)nc1. The molecule has 7 nitrogen and oxygen atoms in total. The third kappa shape index (κ3) is 5.09. The van der Waals surface area contributed by atoms with Crippen LogP contribution in [0.4, 0.5) is 5.69 Å². The molecule has 0 saturated carbocycles. The maximum Gasteiger partial charge on any atom is 0.275 e. The molecule has 1 heterocycles. The molecule has 0 fully saturated rings. The van der Waals surface area contributed by atoms with Crippen molar-refractivity contribution in [3.05, 3.63) is 63.9 Å². The van der Waals surface area contributed by atoms with Gasteiger partial charge in [0.15, 0.2) is 0 Å². The van der Waals surface area contributed by atoms with Crippen molar-refractivity contribution in [2.75, 3.05) is 19.5 Å². The molecule has 0 aliphatic rings. The van der Waals surface area contributed by atoms with E-state index in [2.05, 4.69) is 20.6 Å². The number of allylic oxidation sites excluding steroid dienone is 1. The summed E-state index contributed by atoms with van der Waals surface area (Å²) >= 11 is 12.1. The summed E-state index contributed by atoms with van der Waals surface area (Å²) in [5.74, 6) is -0.655. The van der Waals surface area contributed by atoms with Gasteiger partial charge in [-0.25, -0.2) is 4.98 Å². The minimum atomic E-state index is -0.552. The van der Waals surface area contributed by atoms with E-state index in [4.69, 9.17) is 27.9 Å². The van der Waals surface area contributed by atoms with Crippen molar-refractivity contribution in [3.63, 3.8) is 0 Å². The van der Waals surface area contributed by atoms with E-state index in [-0.39, 0.29) is 27.0 Å². The van der Waals surface area contributed by atoms with Crippen LogP contribution in [-0.2, 0) is 4.79 Å². The fourth-order valence-electron chi connectivity index (χ4n) is 2.28. The van der Waals surface area contributed by atoms with E-state index in [0.29, 0.717) is 11.6 Å². The van der Waals surface area contributed by atoms with Gasteiger partial charge in [0.1, 0.15) is 5.71 Å². The molecular weight excluding hydrogens is 403 g/mol. The van der Waals surface area contributed by atoms with Gasteiger partial charge in [0.25, 0.3) is 11.8 Å². The molecule has 2 rings (SSSR count). The van der Waals surface area contributed by atoms with Gasteiger partial charge in [-0.3, -0.25) is 14.6 Å². The second-order valence-corrected chi connectivity index (χ2v) is 6.18. The van der Waals surface area contributed by atoms with Crippen LogP contribution in [0.25, 0.3) is 0 Å². The van der Waals surface area contributed by atoms with E-state index in [9.17, 15) is 9.59 Å². The van der Waals surface area contributed by atoms with Crippen molar-refractivity contribution in [3.8, 4) is 5.88 Å². The number of rotatable bonds is 6. The van der Waals surface area contributed by atoms with Gasteiger partial charge in [0, 0.05) is 13.1 Å². The van der Waals surface area contributed by atoms with E-state index in [0.717, 1.165) is 0 Å². The van der Waals surface area contributed by atoms with Crippen molar-refractivity contribution in [2.24, 2.45) is 4.99 Å². The summed E-state index contributed by atoms with van der Waals surface area (Å²) < 4.78 is 4.98. The van der Waals surface area contributed by atoms with Crippen LogP contribution >= 0.6 is 23.2 Å². The lowest BCUT2D eigenvalue weighted by molar-refractivity contribution is -0.110. The molecule has 0 aliphatic heterocycles. The van der Waals surface area contributed by atoms with Crippen molar-refractivity contribution >= 4 is 46.4 Å². The van der Waals surface area contributed by atoms with Crippen LogP contribution in [0.5, 0.6) is 5.88 Å². The molecule has 1 aromatic heterocycles. The maximum absolute atomic E-state index is 12.6. The van der Waals surface area contributed by atoms with Crippen molar-refractivity contribution in [1.82, 2.24) is 10.3 Å². The maximum atomic E-state index is 12.6. The predicted molar refractivity (Wildman–Crippen MR) is 110 cm³/mol. The smallest absolute Gasteiger partial charge is 0.275 e. The Bertz CT molecular complexity index is 920. The van der Waals surface area contributed by atoms with Crippen LogP contribution < -0.4 is 15.4 Å². The van der Waals surface area contributed by atoms with Gasteiger partial charge in [-0.05, 0) is 25.1 Å². The molecule has 0 bridgehead atoms. The van der Waals surface area contributed by atoms with Crippen LogP contribution in [0.3, 0.4) is 0 Å². The molecule has 28 heavy (non-hydrogen) atoms. The van der Waals surface area contributed by atoms with Crippen molar-refractivity contribution < 1.29 is 14.3 Å². The molecule has 2 amide bonds. The Morgan fingerprint density at radius 1 is 1.18 bits per heavy atom. The topological polar surface area (TPSA) is 92.7 Å². The third-order valence-electron chi connectivity index (χ3n) is 3.62. The summed E-state index contributed by atoms with van der Waals surface area (Å²) in [5, 5.41) is 5.69. The molecule has 0 spiro atoms. The van der Waals surface area contributed by atoms with Crippen molar-refractivity contribution in [1.29, 1.82) is 0 Å². The third-order valence-corrected chi connectivity index (χ3v) is 4.25. The molecule has 0 radical (unpaired) electrons. The number of methoxy groups -OCH3 is 1. The molecule has 2 N–H and O–H groups in total. The lowest BCUT2D eigenvalue weighted by atomic mass is 10.1. The Balaban J connectivity index is 2.18. The lowest BCUT2D eigenvalue weighted by Crippen LogP contribution is -2.34. The number of nitrogens with zero attached hydrogens (tertiary/aromatic N) is 2. The number of carbonyl (C=O) groups excluding carboxylic acids is 2. The molecule has 9 heteroatoms. The van der Waals surface area contributed by atoms with Gasteiger partial charge in [-0.1, -0.05) is 35.3 Å². The molecule has 0 saturated heterocycles. The van der Waals surface area contributed by atoms with Crippen molar-refractivity contribution in [2.45, 2.75) is 6.92 Å². The minimum absolute atomic E-state index is 0.0230. The van der Waals surface area contributed by atoms with Gasteiger partial charge >= 0.3 is 0 Å². The van der Waals surface area contributed by atoms with Crippen LogP contribution in [0.15, 0.2) is 53.3 Å². The molecule has 1 aromatic carbocycles. The summed E-state index contributed by atoms with van der Waals surface area (Å²) in [4.78, 5) is 33.2. The first-order chi connectivity index (χ1) is 13.4. The number of ether oxygens (including phenoxy) is 1. The zero-order valence-corrected chi connectivity index (χ0v) is 16.9. The number of carbonyl (C=O) groups is 2. The quantitative estimate of drug-likeness (QED) is 0.695. The first-order valence-corrected chi connectivity index (χ1v) is 8.87. The number of anilines is 1. The highest BCUT2D eigenvalue weighted by Gasteiger charge is 2.21. The summed E-state index contributed by atoms with van der Waals surface area (Å²) in [7, 11) is 2.94. The highest BCUT2D eigenvalue weighted by atomic mass is 35.5. The van der Waals surface area contributed by atoms with Crippen LogP contribution in [0.1, 0.15) is 17.3 Å². The largest absolute Gasteiger partial charge is 0.481 e. The first-order valence-electron chi connectivity index (χ1n) is 8.11. The lowest BCUT2D eigenvalue weighted by Gasteiger charge is -2.14. The van der Waals surface area contributed by atoms with Crippen LogP contribution in [-0.4, -0.2) is 36.7 Å². The summed E-state index contributed by atoms with van der Waals surface area (Å²) in [6, 6.07) is 7.98. The van der Waals surface area contributed by atoms with Gasteiger partial charge in [0.2, 0.25) is 5.88 Å². The number of aliphatic imine (C=N–C) groups is 1. The molecule has 146 valence electrons. The van der Waals surface area contributed by atoms with E-state index in [1.54, 1.807) is 43.3 Å². The van der Waals surface area contributed by atoms with E-state index < -0.39 is 11.8 Å². The fourth-order valence-corrected chi connectivity index (χ4v) is 2.85. The monoisotopic (exact) mass is 420 g/mol. The Hall–Kier alpha value is -2.90. The molecule has 0 unspecified atom stereocenters. The second-order valence-electron chi connectivity index (χ2n) is 5.37. The van der Waals surface area contributed by atoms with Crippen LogP contribution in [0.2, 0.25) is 10.0 Å². The Morgan fingerprint density at radius 2 is 1.86 bits per heavy atom. The fraction of sp³-hybridized carbons (Fsp3) is 0.158. The predicted octanol–water partition coefficient (Wildman–Crippen LogP) is 3.74. The number of benzene rings is 1. The second kappa shape index (κ2) is 9.87. The van der Waals surface area contributed by atoms with Gasteiger partial charge < -0.3 is 15.4 Å². The minimum Gasteiger partial charge on any atom is -0.481 e. The zero-order valence-electron chi connectivity index (χ0n) is 15.4. The average Bonchev–Trinajstić information content (AvgIpc) is 2.68. The van der Waals surface area contributed by atoms with E-state index in [1.165, 1.54) is 20.4 Å². The van der Waals surface area contributed by atoms with E-state index in [1.807, 2.05) is 0 Å². The Morgan fingerprint density at radius 3 is 2.36 bits per heavy atom. The number of amides is 2. The number of pyridine rings is 1.